The Balaban J connectivity index is 1.50. The topological polar surface area (TPSA) is 67.7 Å². The van der Waals surface area contributed by atoms with Crippen LogP contribution in [0.25, 0.3) is 11.0 Å². The second-order valence-electron chi connectivity index (χ2n) is 6.34. The van der Waals surface area contributed by atoms with Gasteiger partial charge in [0.25, 0.3) is 0 Å². The summed E-state index contributed by atoms with van der Waals surface area (Å²) in [6.45, 7) is 5.90. The SMILES string of the molecule is CCn1c(CCNc2ncnc3c2CCNCC3)nc2ccccc21. The molecule has 0 saturated carbocycles. The van der Waals surface area contributed by atoms with Crippen molar-refractivity contribution in [1.82, 2.24) is 24.8 Å². The van der Waals surface area contributed by atoms with Crippen molar-refractivity contribution >= 4 is 16.9 Å². The normalized spacial score (nSPS) is 14.3. The summed E-state index contributed by atoms with van der Waals surface area (Å²) < 4.78 is 2.29. The lowest BCUT2D eigenvalue weighted by Crippen LogP contribution is -2.16. The Labute approximate surface area is 147 Å². The third-order valence-corrected chi connectivity index (χ3v) is 4.82. The van der Waals surface area contributed by atoms with Crippen molar-refractivity contribution < 1.29 is 0 Å². The molecule has 130 valence electrons. The van der Waals surface area contributed by atoms with E-state index in [9.17, 15) is 0 Å². The van der Waals surface area contributed by atoms with Gasteiger partial charge in [0.05, 0.1) is 16.7 Å². The summed E-state index contributed by atoms with van der Waals surface area (Å²) in [7, 11) is 0. The largest absolute Gasteiger partial charge is 0.369 e. The first-order valence-corrected chi connectivity index (χ1v) is 9.08. The van der Waals surface area contributed by atoms with Gasteiger partial charge in [-0.1, -0.05) is 12.1 Å². The fraction of sp³-hybridized carbons (Fsp3) is 0.421. The number of anilines is 1. The predicted molar refractivity (Wildman–Crippen MR) is 99.9 cm³/mol. The molecule has 0 saturated heterocycles. The molecule has 0 bridgehead atoms. The molecule has 0 unspecified atom stereocenters. The number of nitrogens with zero attached hydrogens (tertiary/aromatic N) is 4. The molecule has 0 spiro atoms. The lowest BCUT2D eigenvalue weighted by molar-refractivity contribution is 0.708. The highest BCUT2D eigenvalue weighted by atomic mass is 15.1. The van der Waals surface area contributed by atoms with E-state index in [2.05, 4.69) is 50.3 Å². The van der Waals surface area contributed by atoms with E-state index in [-0.39, 0.29) is 0 Å². The zero-order chi connectivity index (χ0) is 17.1. The smallest absolute Gasteiger partial charge is 0.132 e. The number of benzene rings is 1. The van der Waals surface area contributed by atoms with E-state index in [0.29, 0.717) is 0 Å². The molecule has 0 amide bonds. The molecule has 0 radical (unpaired) electrons. The van der Waals surface area contributed by atoms with Gasteiger partial charge in [0.15, 0.2) is 0 Å². The van der Waals surface area contributed by atoms with Crippen LogP contribution in [0.5, 0.6) is 0 Å². The first kappa shape index (κ1) is 16.0. The first-order chi connectivity index (χ1) is 12.4. The van der Waals surface area contributed by atoms with Crippen LogP contribution in [-0.4, -0.2) is 39.2 Å². The third-order valence-electron chi connectivity index (χ3n) is 4.82. The summed E-state index contributed by atoms with van der Waals surface area (Å²) in [6, 6.07) is 8.33. The summed E-state index contributed by atoms with van der Waals surface area (Å²) in [6.07, 6.45) is 4.50. The summed E-state index contributed by atoms with van der Waals surface area (Å²) in [4.78, 5) is 13.7. The molecule has 3 heterocycles. The van der Waals surface area contributed by atoms with Crippen molar-refractivity contribution in [3.8, 4) is 0 Å². The highest BCUT2D eigenvalue weighted by Gasteiger charge is 2.14. The Kier molecular flexibility index (Phi) is 4.61. The van der Waals surface area contributed by atoms with Gasteiger partial charge >= 0.3 is 0 Å². The fourth-order valence-corrected chi connectivity index (χ4v) is 3.59. The van der Waals surface area contributed by atoms with Crippen molar-refractivity contribution in [2.75, 3.05) is 25.0 Å². The van der Waals surface area contributed by atoms with Gasteiger partial charge in [0.2, 0.25) is 0 Å². The molecule has 25 heavy (non-hydrogen) atoms. The Morgan fingerprint density at radius 1 is 1.16 bits per heavy atom. The van der Waals surface area contributed by atoms with Crippen molar-refractivity contribution in [3.63, 3.8) is 0 Å². The zero-order valence-corrected chi connectivity index (χ0v) is 14.6. The number of imidazole rings is 1. The number of rotatable bonds is 5. The molecule has 3 aromatic rings. The molecule has 0 aliphatic carbocycles. The van der Waals surface area contributed by atoms with E-state index in [4.69, 9.17) is 4.98 Å². The zero-order valence-electron chi connectivity index (χ0n) is 14.6. The number of para-hydroxylation sites is 2. The van der Waals surface area contributed by atoms with Gasteiger partial charge in [-0.25, -0.2) is 15.0 Å². The highest BCUT2D eigenvalue weighted by molar-refractivity contribution is 5.75. The van der Waals surface area contributed by atoms with Gasteiger partial charge in [-0.15, -0.1) is 0 Å². The van der Waals surface area contributed by atoms with E-state index >= 15 is 0 Å². The quantitative estimate of drug-likeness (QED) is 0.747. The second-order valence-corrected chi connectivity index (χ2v) is 6.34. The average Bonchev–Trinajstić information content (AvgIpc) is 2.82. The van der Waals surface area contributed by atoms with Crippen molar-refractivity contribution in [3.05, 3.63) is 47.7 Å². The van der Waals surface area contributed by atoms with Crippen molar-refractivity contribution in [2.45, 2.75) is 32.7 Å². The van der Waals surface area contributed by atoms with Crippen LogP contribution < -0.4 is 10.6 Å². The summed E-state index contributed by atoms with van der Waals surface area (Å²) in [5, 5.41) is 6.94. The number of aryl methyl sites for hydroxylation is 1. The monoisotopic (exact) mass is 336 g/mol. The molecule has 2 aromatic heterocycles. The molecule has 2 N–H and O–H groups in total. The summed E-state index contributed by atoms with van der Waals surface area (Å²) in [5.74, 6) is 2.10. The van der Waals surface area contributed by atoms with Gasteiger partial charge in [-0.05, 0) is 32.0 Å². The molecule has 1 aliphatic heterocycles. The standard InChI is InChI=1S/C19H24N6/c1-2-25-17-6-4-3-5-16(17)24-18(25)9-12-21-19-14-7-10-20-11-8-15(14)22-13-23-19/h3-6,13,20H,2,7-12H2,1H3,(H,21,22,23). The molecule has 6 nitrogen and oxygen atoms in total. The maximum atomic E-state index is 4.80. The third kappa shape index (κ3) is 3.22. The van der Waals surface area contributed by atoms with E-state index in [1.54, 1.807) is 6.33 Å². The number of hydrogen-bond donors (Lipinski definition) is 2. The summed E-state index contributed by atoms with van der Waals surface area (Å²) >= 11 is 0. The maximum Gasteiger partial charge on any atom is 0.132 e. The van der Waals surface area contributed by atoms with Gasteiger partial charge in [-0.2, -0.15) is 0 Å². The molecular weight excluding hydrogens is 312 g/mol. The van der Waals surface area contributed by atoms with Crippen LogP contribution in [0.3, 0.4) is 0 Å². The van der Waals surface area contributed by atoms with Crippen LogP contribution in [0.4, 0.5) is 5.82 Å². The van der Waals surface area contributed by atoms with Crippen molar-refractivity contribution in [2.24, 2.45) is 0 Å². The van der Waals surface area contributed by atoms with E-state index in [1.807, 2.05) is 6.07 Å². The van der Waals surface area contributed by atoms with Gasteiger partial charge in [0, 0.05) is 38.0 Å². The minimum Gasteiger partial charge on any atom is -0.369 e. The van der Waals surface area contributed by atoms with Crippen LogP contribution in [0.1, 0.15) is 24.0 Å². The van der Waals surface area contributed by atoms with Crippen molar-refractivity contribution in [1.29, 1.82) is 0 Å². The molecular formula is C19H24N6. The van der Waals surface area contributed by atoms with Crippen LogP contribution in [0.15, 0.2) is 30.6 Å². The van der Waals surface area contributed by atoms with E-state index in [1.165, 1.54) is 16.8 Å². The van der Waals surface area contributed by atoms with Gasteiger partial charge in [0.1, 0.15) is 18.0 Å². The average molecular weight is 336 g/mol. The Bertz CT molecular complexity index is 869. The molecule has 4 rings (SSSR count). The lowest BCUT2D eigenvalue weighted by Gasteiger charge is -2.12. The predicted octanol–water partition coefficient (Wildman–Crippen LogP) is 2.19. The number of nitrogens with one attached hydrogen (secondary N) is 2. The minimum atomic E-state index is 0.820. The van der Waals surface area contributed by atoms with E-state index in [0.717, 1.165) is 62.6 Å². The Hall–Kier alpha value is -2.47. The van der Waals surface area contributed by atoms with Crippen LogP contribution in [-0.2, 0) is 25.8 Å². The Morgan fingerprint density at radius 2 is 2.04 bits per heavy atom. The molecule has 6 heteroatoms. The molecule has 1 aliphatic rings. The van der Waals surface area contributed by atoms with E-state index < -0.39 is 0 Å². The summed E-state index contributed by atoms with van der Waals surface area (Å²) in [5.41, 5.74) is 4.71. The maximum absolute atomic E-state index is 4.80. The van der Waals surface area contributed by atoms with Crippen LogP contribution >= 0.6 is 0 Å². The van der Waals surface area contributed by atoms with Gasteiger partial charge in [-0.3, -0.25) is 0 Å². The van der Waals surface area contributed by atoms with Gasteiger partial charge < -0.3 is 15.2 Å². The van der Waals surface area contributed by atoms with Crippen LogP contribution in [0, 0.1) is 0 Å². The molecule has 0 atom stereocenters. The first-order valence-electron chi connectivity index (χ1n) is 9.08. The fourth-order valence-electron chi connectivity index (χ4n) is 3.59. The number of aromatic nitrogens is 4. The highest BCUT2D eigenvalue weighted by Crippen LogP contribution is 2.19. The van der Waals surface area contributed by atoms with Crippen LogP contribution in [0.2, 0.25) is 0 Å². The minimum absolute atomic E-state index is 0.820. The number of hydrogen-bond acceptors (Lipinski definition) is 5. The Morgan fingerprint density at radius 3 is 2.96 bits per heavy atom. The second kappa shape index (κ2) is 7.19. The lowest BCUT2D eigenvalue weighted by atomic mass is 10.1. The molecule has 0 fully saturated rings. The molecule has 1 aromatic carbocycles. The number of fused-ring (bicyclic) bond motifs is 2.